The summed E-state index contributed by atoms with van der Waals surface area (Å²) in [5.41, 5.74) is 3.57. The van der Waals surface area contributed by atoms with Gasteiger partial charge >= 0.3 is 0 Å². The van der Waals surface area contributed by atoms with Crippen LogP contribution in [0.5, 0.6) is 11.5 Å². The SMILES string of the molecule is CCC(=O)Nc1cccc(NC(=O)c2nn(-c3ccccc3)cc2-c2ccc(OC)c(OC)c2)c1. The van der Waals surface area contributed by atoms with E-state index in [2.05, 4.69) is 15.7 Å². The lowest BCUT2D eigenvalue weighted by molar-refractivity contribution is -0.115. The number of benzene rings is 3. The quantitative estimate of drug-likeness (QED) is 0.371. The van der Waals surface area contributed by atoms with Crippen molar-refractivity contribution >= 4 is 23.2 Å². The van der Waals surface area contributed by atoms with Crippen LogP contribution in [-0.4, -0.2) is 35.8 Å². The van der Waals surface area contributed by atoms with Crippen LogP contribution < -0.4 is 20.1 Å². The van der Waals surface area contributed by atoms with Crippen molar-refractivity contribution in [1.82, 2.24) is 9.78 Å². The molecular weight excluding hydrogens is 444 g/mol. The standard InChI is InChI=1S/C27H26N4O4/c1-4-25(32)28-19-9-8-10-20(16-19)29-27(33)26-22(17-31(30-26)21-11-6-5-7-12-21)18-13-14-23(34-2)24(15-18)35-3/h5-17H,4H2,1-3H3,(H,28,32)(H,29,33). The number of hydrogen-bond acceptors (Lipinski definition) is 5. The van der Waals surface area contributed by atoms with Crippen molar-refractivity contribution < 1.29 is 19.1 Å². The summed E-state index contributed by atoms with van der Waals surface area (Å²) in [4.78, 5) is 25.1. The van der Waals surface area contributed by atoms with E-state index < -0.39 is 0 Å². The lowest BCUT2D eigenvalue weighted by Crippen LogP contribution is -2.15. The Bertz CT molecular complexity index is 1350. The molecule has 0 saturated heterocycles. The van der Waals surface area contributed by atoms with Crippen molar-refractivity contribution in [3.63, 3.8) is 0 Å². The molecule has 4 aromatic rings. The molecule has 4 rings (SSSR count). The second-order valence-electron chi connectivity index (χ2n) is 7.68. The number of nitrogens with one attached hydrogen (secondary N) is 2. The van der Waals surface area contributed by atoms with Gasteiger partial charge in [-0.1, -0.05) is 37.3 Å². The predicted octanol–water partition coefficient (Wildman–Crippen LogP) is 5.16. The van der Waals surface area contributed by atoms with Gasteiger partial charge in [-0.25, -0.2) is 4.68 Å². The summed E-state index contributed by atoms with van der Waals surface area (Å²) in [5.74, 6) is 0.640. The Balaban J connectivity index is 1.72. The highest BCUT2D eigenvalue weighted by atomic mass is 16.5. The van der Waals surface area contributed by atoms with Crippen molar-refractivity contribution in [2.45, 2.75) is 13.3 Å². The van der Waals surface area contributed by atoms with Gasteiger partial charge in [-0.15, -0.1) is 0 Å². The largest absolute Gasteiger partial charge is 0.493 e. The number of carbonyl (C=O) groups is 2. The molecule has 0 bridgehead atoms. The number of anilines is 2. The van der Waals surface area contributed by atoms with E-state index in [1.165, 1.54) is 0 Å². The summed E-state index contributed by atoms with van der Waals surface area (Å²) in [6, 6.07) is 22.0. The van der Waals surface area contributed by atoms with E-state index in [9.17, 15) is 9.59 Å². The highest BCUT2D eigenvalue weighted by Gasteiger charge is 2.20. The third-order valence-corrected chi connectivity index (χ3v) is 5.37. The van der Waals surface area contributed by atoms with Crippen molar-refractivity contribution in [2.24, 2.45) is 0 Å². The van der Waals surface area contributed by atoms with Gasteiger partial charge in [0.25, 0.3) is 5.91 Å². The molecule has 8 nitrogen and oxygen atoms in total. The maximum Gasteiger partial charge on any atom is 0.276 e. The summed E-state index contributed by atoms with van der Waals surface area (Å²) in [6.45, 7) is 1.78. The van der Waals surface area contributed by atoms with E-state index in [1.54, 1.807) is 56.2 Å². The molecule has 0 atom stereocenters. The van der Waals surface area contributed by atoms with Crippen LogP contribution in [0.2, 0.25) is 0 Å². The first-order valence-corrected chi connectivity index (χ1v) is 11.1. The van der Waals surface area contributed by atoms with Gasteiger partial charge in [0.1, 0.15) is 0 Å². The van der Waals surface area contributed by atoms with E-state index >= 15 is 0 Å². The lowest BCUT2D eigenvalue weighted by Gasteiger charge is -2.10. The average Bonchev–Trinajstić information content (AvgIpc) is 3.35. The molecule has 0 fully saturated rings. The molecule has 0 saturated carbocycles. The molecule has 1 aromatic heterocycles. The van der Waals surface area contributed by atoms with Crippen LogP contribution >= 0.6 is 0 Å². The molecule has 0 aliphatic heterocycles. The molecule has 0 aliphatic carbocycles. The summed E-state index contributed by atoms with van der Waals surface area (Å²) < 4.78 is 12.5. The summed E-state index contributed by atoms with van der Waals surface area (Å²) in [6.07, 6.45) is 2.17. The maximum atomic E-state index is 13.4. The second kappa shape index (κ2) is 10.6. The fourth-order valence-corrected chi connectivity index (χ4v) is 3.58. The molecule has 178 valence electrons. The molecule has 2 amide bonds. The minimum atomic E-state index is -0.386. The molecular formula is C27H26N4O4. The first-order chi connectivity index (χ1) is 17.0. The van der Waals surface area contributed by atoms with Crippen molar-refractivity contribution in [3.8, 4) is 28.3 Å². The normalized spacial score (nSPS) is 10.5. The molecule has 8 heteroatoms. The molecule has 35 heavy (non-hydrogen) atoms. The number of para-hydroxylation sites is 1. The Kier molecular flexibility index (Phi) is 7.11. The van der Waals surface area contributed by atoms with Crippen LogP contribution in [0.1, 0.15) is 23.8 Å². The van der Waals surface area contributed by atoms with Crippen LogP contribution in [0.25, 0.3) is 16.8 Å². The molecule has 2 N–H and O–H groups in total. The summed E-state index contributed by atoms with van der Waals surface area (Å²) in [7, 11) is 3.13. The number of ether oxygens (including phenoxy) is 2. The Morgan fingerprint density at radius 2 is 1.57 bits per heavy atom. The van der Waals surface area contributed by atoms with E-state index in [4.69, 9.17) is 9.47 Å². The molecule has 0 unspecified atom stereocenters. The Morgan fingerprint density at radius 3 is 2.26 bits per heavy atom. The molecule has 0 spiro atoms. The number of aromatic nitrogens is 2. The zero-order chi connectivity index (χ0) is 24.8. The lowest BCUT2D eigenvalue weighted by atomic mass is 10.1. The number of nitrogens with zero attached hydrogens (tertiary/aromatic N) is 2. The van der Waals surface area contributed by atoms with Crippen LogP contribution in [0, 0.1) is 0 Å². The zero-order valence-corrected chi connectivity index (χ0v) is 19.7. The van der Waals surface area contributed by atoms with Crippen LogP contribution in [0.4, 0.5) is 11.4 Å². The zero-order valence-electron chi connectivity index (χ0n) is 19.7. The van der Waals surface area contributed by atoms with Gasteiger partial charge in [-0.2, -0.15) is 5.10 Å². The first kappa shape index (κ1) is 23.6. The van der Waals surface area contributed by atoms with Crippen molar-refractivity contribution in [1.29, 1.82) is 0 Å². The molecule has 0 radical (unpaired) electrons. The number of rotatable bonds is 8. The van der Waals surface area contributed by atoms with Gasteiger partial charge in [0.05, 0.1) is 19.9 Å². The van der Waals surface area contributed by atoms with E-state index in [0.29, 0.717) is 34.9 Å². The van der Waals surface area contributed by atoms with Gasteiger partial charge in [-0.05, 0) is 48.0 Å². The third-order valence-electron chi connectivity index (χ3n) is 5.37. The van der Waals surface area contributed by atoms with Crippen LogP contribution in [-0.2, 0) is 4.79 Å². The number of amides is 2. The first-order valence-electron chi connectivity index (χ1n) is 11.1. The Morgan fingerprint density at radius 1 is 0.857 bits per heavy atom. The minimum Gasteiger partial charge on any atom is -0.493 e. The summed E-state index contributed by atoms with van der Waals surface area (Å²) in [5, 5.41) is 10.3. The second-order valence-corrected chi connectivity index (χ2v) is 7.68. The molecule has 1 heterocycles. The van der Waals surface area contributed by atoms with Gasteiger partial charge in [0, 0.05) is 29.6 Å². The smallest absolute Gasteiger partial charge is 0.276 e. The topological polar surface area (TPSA) is 94.5 Å². The predicted molar refractivity (Wildman–Crippen MR) is 135 cm³/mol. The monoisotopic (exact) mass is 470 g/mol. The van der Waals surface area contributed by atoms with Gasteiger partial charge in [0.15, 0.2) is 17.2 Å². The van der Waals surface area contributed by atoms with Gasteiger partial charge < -0.3 is 20.1 Å². The van der Waals surface area contributed by atoms with Gasteiger partial charge in [0.2, 0.25) is 5.91 Å². The van der Waals surface area contributed by atoms with Crippen molar-refractivity contribution in [2.75, 3.05) is 24.9 Å². The third kappa shape index (κ3) is 5.33. The van der Waals surface area contributed by atoms with E-state index in [1.807, 2.05) is 48.7 Å². The highest BCUT2D eigenvalue weighted by Crippen LogP contribution is 2.34. The van der Waals surface area contributed by atoms with Gasteiger partial charge in [-0.3, -0.25) is 9.59 Å². The molecule has 3 aromatic carbocycles. The minimum absolute atomic E-state index is 0.106. The maximum absolute atomic E-state index is 13.4. The van der Waals surface area contributed by atoms with E-state index in [-0.39, 0.29) is 17.5 Å². The number of carbonyl (C=O) groups excluding carboxylic acids is 2. The van der Waals surface area contributed by atoms with Crippen molar-refractivity contribution in [3.05, 3.63) is 84.7 Å². The fraction of sp³-hybridized carbons (Fsp3) is 0.148. The molecule has 0 aliphatic rings. The fourth-order valence-electron chi connectivity index (χ4n) is 3.58. The Labute approximate surface area is 203 Å². The Hall–Kier alpha value is -4.59. The number of methoxy groups -OCH3 is 2. The highest BCUT2D eigenvalue weighted by molar-refractivity contribution is 6.07. The summed E-state index contributed by atoms with van der Waals surface area (Å²) >= 11 is 0. The number of hydrogen-bond donors (Lipinski definition) is 2. The van der Waals surface area contributed by atoms with E-state index in [0.717, 1.165) is 11.3 Å². The average molecular weight is 471 g/mol. The van der Waals surface area contributed by atoms with Crippen LogP contribution in [0.15, 0.2) is 79.0 Å². The van der Waals surface area contributed by atoms with Crippen LogP contribution in [0.3, 0.4) is 0 Å².